The highest BCUT2D eigenvalue weighted by Crippen LogP contribution is 2.32. The minimum absolute atomic E-state index is 0.500. The lowest BCUT2D eigenvalue weighted by Crippen LogP contribution is -2.47. The van der Waals surface area contributed by atoms with Crippen molar-refractivity contribution in [2.45, 2.75) is 25.3 Å². The largest absolute Gasteiger partial charge is 0.554 e. The van der Waals surface area contributed by atoms with Crippen molar-refractivity contribution in [3.8, 4) is 0 Å². The zero-order valence-electron chi connectivity index (χ0n) is 12.3. The predicted octanol–water partition coefficient (Wildman–Crippen LogP) is 1.36. The average molecular weight is 275 g/mol. The SMILES string of the molecule is C[N+](C)(C)C1CCc2ccc3ccoc3c2C1.O=C[O-]. The van der Waals surface area contributed by atoms with E-state index < -0.39 is 6.47 Å². The highest BCUT2D eigenvalue weighted by molar-refractivity contribution is 5.81. The van der Waals surface area contributed by atoms with E-state index >= 15 is 0 Å². The summed E-state index contributed by atoms with van der Waals surface area (Å²) in [4.78, 5) is 8.25. The Balaban J connectivity index is 0.000000452. The molecule has 1 aromatic heterocycles. The summed E-state index contributed by atoms with van der Waals surface area (Å²) in [6, 6.07) is 7.23. The van der Waals surface area contributed by atoms with Crippen LogP contribution < -0.4 is 5.11 Å². The van der Waals surface area contributed by atoms with Crippen LogP contribution in [0.4, 0.5) is 0 Å². The van der Waals surface area contributed by atoms with E-state index in [1.54, 1.807) is 6.26 Å². The third kappa shape index (κ3) is 2.85. The Kier molecular flexibility index (Phi) is 4.14. The third-order valence-corrected chi connectivity index (χ3v) is 4.10. The number of nitrogens with zero attached hydrogens (tertiary/aromatic N) is 1. The van der Waals surface area contributed by atoms with Crippen LogP contribution in [0.1, 0.15) is 17.5 Å². The zero-order chi connectivity index (χ0) is 14.8. The minimum Gasteiger partial charge on any atom is -0.554 e. The molecule has 2 aromatic rings. The molecule has 0 saturated heterocycles. The Bertz CT molecular complexity index is 595. The maximum atomic E-state index is 8.25. The number of furan rings is 1. The van der Waals surface area contributed by atoms with Crippen LogP contribution in [0.2, 0.25) is 0 Å². The molecule has 108 valence electrons. The summed E-state index contributed by atoms with van der Waals surface area (Å²) < 4.78 is 6.71. The summed E-state index contributed by atoms with van der Waals surface area (Å²) in [6.45, 7) is -0.500. The standard InChI is InChI=1S/C15H20NO.CH2O2/c1-16(2,3)13-7-6-11-4-5-12-8-9-17-15(12)14(11)10-13;2-1-3/h4-5,8-9,13H,6-7,10H2,1-3H3;1H,(H,2,3)/q+1;/p-1. The van der Waals surface area contributed by atoms with Gasteiger partial charge in [-0.3, -0.25) is 0 Å². The Labute approximate surface area is 119 Å². The van der Waals surface area contributed by atoms with Gasteiger partial charge in [0.05, 0.1) is 33.4 Å². The van der Waals surface area contributed by atoms with Crippen molar-refractivity contribution in [1.82, 2.24) is 0 Å². The van der Waals surface area contributed by atoms with Crippen LogP contribution in [-0.4, -0.2) is 38.1 Å². The molecule has 0 saturated carbocycles. The maximum absolute atomic E-state index is 8.25. The first kappa shape index (κ1) is 14.6. The van der Waals surface area contributed by atoms with Gasteiger partial charge in [0.1, 0.15) is 5.58 Å². The first-order chi connectivity index (χ1) is 9.47. The molecule has 1 atom stereocenters. The molecule has 4 nitrogen and oxygen atoms in total. The number of rotatable bonds is 1. The number of carbonyl (C=O) groups excluding carboxylic acids is 1. The van der Waals surface area contributed by atoms with Gasteiger partial charge in [0, 0.05) is 30.3 Å². The van der Waals surface area contributed by atoms with Gasteiger partial charge in [0.15, 0.2) is 0 Å². The van der Waals surface area contributed by atoms with Crippen LogP contribution in [0, 0.1) is 0 Å². The van der Waals surface area contributed by atoms with Gasteiger partial charge in [0.25, 0.3) is 0 Å². The van der Waals surface area contributed by atoms with Crippen molar-refractivity contribution in [2.75, 3.05) is 21.1 Å². The van der Waals surface area contributed by atoms with Crippen molar-refractivity contribution in [1.29, 1.82) is 0 Å². The van der Waals surface area contributed by atoms with Crippen molar-refractivity contribution in [3.05, 3.63) is 35.6 Å². The number of quaternary nitrogens is 1. The molecule has 0 spiro atoms. The van der Waals surface area contributed by atoms with E-state index in [9.17, 15) is 0 Å². The first-order valence-electron chi connectivity index (χ1n) is 6.82. The molecule has 0 aliphatic heterocycles. The summed E-state index contributed by atoms with van der Waals surface area (Å²) in [5.41, 5.74) is 4.04. The smallest absolute Gasteiger partial charge is 0.137 e. The molecular formula is C16H21NO3. The van der Waals surface area contributed by atoms with Gasteiger partial charge in [-0.1, -0.05) is 12.1 Å². The van der Waals surface area contributed by atoms with E-state index in [4.69, 9.17) is 14.3 Å². The highest BCUT2D eigenvalue weighted by Gasteiger charge is 2.30. The Morgan fingerprint density at radius 3 is 2.65 bits per heavy atom. The number of likely N-dealkylation sites (N-methyl/N-ethyl adjacent to an activating group) is 1. The summed E-state index contributed by atoms with van der Waals surface area (Å²) >= 11 is 0. The molecule has 0 N–H and O–H groups in total. The second kappa shape index (κ2) is 5.67. The van der Waals surface area contributed by atoms with Crippen molar-refractivity contribution < 1.29 is 18.8 Å². The van der Waals surface area contributed by atoms with Crippen LogP contribution in [0.25, 0.3) is 11.0 Å². The summed E-state index contributed by atoms with van der Waals surface area (Å²) in [5, 5.41) is 9.49. The lowest BCUT2D eigenvalue weighted by molar-refractivity contribution is -0.896. The highest BCUT2D eigenvalue weighted by atomic mass is 16.3. The predicted molar refractivity (Wildman–Crippen MR) is 76.1 cm³/mol. The summed E-state index contributed by atoms with van der Waals surface area (Å²) in [6.07, 6.45) is 5.42. The molecule has 0 amide bonds. The molecule has 1 aromatic carbocycles. The van der Waals surface area contributed by atoms with Crippen LogP contribution in [0.3, 0.4) is 0 Å². The molecule has 0 fully saturated rings. The second-order valence-electron chi connectivity index (χ2n) is 6.15. The minimum atomic E-state index is -0.500. The van der Waals surface area contributed by atoms with Gasteiger partial charge in [-0.25, -0.2) is 0 Å². The van der Waals surface area contributed by atoms with E-state index in [0.717, 1.165) is 16.5 Å². The molecule has 0 bridgehead atoms. The monoisotopic (exact) mass is 275 g/mol. The Morgan fingerprint density at radius 2 is 2.00 bits per heavy atom. The van der Waals surface area contributed by atoms with E-state index in [1.165, 1.54) is 29.4 Å². The van der Waals surface area contributed by atoms with E-state index in [0.29, 0.717) is 6.04 Å². The van der Waals surface area contributed by atoms with Crippen molar-refractivity contribution in [2.24, 2.45) is 0 Å². The normalized spacial score (nSPS) is 18.1. The van der Waals surface area contributed by atoms with Crippen molar-refractivity contribution >= 4 is 17.4 Å². The van der Waals surface area contributed by atoms with E-state index in [2.05, 4.69) is 39.3 Å². The number of benzene rings is 1. The quantitative estimate of drug-likeness (QED) is 0.583. The van der Waals surface area contributed by atoms with Gasteiger partial charge >= 0.3 is 0 Å². The lowest BCUT2D eigenvalue weighted by Gasteiger charge is -2.37. The van der Waals surface area contributed by atoms with Gasteiger partial charge in [-0.05, 0) is 18.1 Å². The Hall–Kier alpha value is -1.81. The molecule has 4 heteroatoms. The average Bonchev–Trinajstić information content (AvgIpc) is 2.86. The fourth-order valence-electron chi connectivity index (χ4n) is 2.91. The van der Waals surface area contributed by atoms with Gasteiger partial charge in [-0.15, -0.1) is 0 Å². The molecule has 20 heavy (non-hydrogen) atoms. The van der Waals surface area contributed by atoms with Gasteiger partial charge < -0.3 is 18.8 Å². The number of fused-ring (bicyclic) bond motifs is 3. The summed E-state index contributed by atoms with van der Waals surface area (Å²) in [5.74, 6) is 0. The van der Waals surface area contributed by atoms with Crippen LogP contribution in [0.15, 0.2) is 28.9 Å². The molecule has 1 heterocycles. The molecular weight excluding hydrogens is 254 g/mol. The van der Waals surface area contributed by atoms with E-state index in [-0.39, 0.29) is 0 Å². The van der Waals surface area contributed by atoms with E-state index in [1.807, 2.05) is 0 Å². The first-order valence-corrected chi connectivity index (χ1v) is 6.82. The zero-order valence-corrected chi connectivity index (χ0v) is 12.3. The van der Waals surface area contributed by atoms with Gasteiger partial charge in [0.2, 0.25) is 0 Å². The fraction of sp³-hybridized carbons (Fsp3) is 0.438. The van der Waals surface area contributed by atoms with Crippen LogP contribution in [-0.2, 0) is 17.6 Å². The molecule has 1 aliphatic carbocycles. The van der Waals surface area contributed by atoms with Gasteiger partial charge in [-0.2, -0.15) is 0 Å². The molecule has 0 radical (unpaired) electrons. The second-order valence-corrected chi connectivity index (χ2v) is 6.15. The number of aryl methyl sites for hydroxylation is 1. The maximum Gasteiger partial charge on any atom is 0.137 e. The number of hydrogen-bond donors (Lipinski definition) is 0. The molecule has 3 rings (SSSR count). The third-order valence-electron chi connectivity index (χ3n) is 4.10. The van der Waals surface area contributed by atoms with Crippen LogP contribution >= 0.6 is 0 Å². The Morgan fingerprint density at radius 1 is 1.30 bits per heavy atom. The molecule has 1 unspecified atom stereocenters. The topological polar surface area (TPSA) is 53.3 Å². The molecule has 1 aliphatic rings. The van der Waals surface area contributed by atoms with Crippen LogP contribution in [0.5, 0.6) is 0 Å². The van der Waals surface area contributed by atoms with Crippen molar-refractivity contribution in [3.63, 3.8) is 0 Å². The number of hydrogen-bond acceptors (Lipinski definition) is 3. The number of carbonyl (C=O) groups is 1. The fourth-order valence-corrected chi connectivity index (χ4v) is 2.91. The number of carboxylic acid groups (broad SMARTS) is 1. The summed E-state index contributed by atoms with van der Waals surface area (Å²) in [7, 11) is 6.87. The lowest BCUT2D eigenvalue weighted by atomic mass is 9.86.